The highest BCUT2D eigenvalue weighted by Crippen LogP contribution is 2.04. The zero-order chi connectivity index (χ0) is 12.7. The van der Waals surface area contributed by atoms with Crippen LogP contribution in [-0.4, -0.2) is 44.7 Å². The van der Waals surface area contributed by atoms with Crippen molar-refractivity contribution in [3.63, 3.8) is 0 Å². The van der Waals surface area contributed by atoms with Crippen molar-refractivity contribution < 1.29 is 28.5 Å². The molecule has 6 nitrogen and oxygen atoms in total. The van der Waals surface area contributed by atoms with E-state index < -0.39 is 18.2 Å². The van der Waals surface area contributed by atoms with Gasteiger partial charge in [0.1, 0.15) is 13.2 Å². The van der Waals surface area contributed by atoms with Crippen LogP contribution in [-0.2, 0) is 28.5 Å². The van der Waals surface area contributed by atoms with E-state index in [9.17, 15) is 9.59 Å². The smallest absolute Gasteiger partial charge is 0.333 e. The predicted molar refractivity (Wildman–Crippen MR) is 57.0 cm³/mol. The molecular formula is C11H16O6. The van der Waals surface area contributed by atoms with Crippen molar-refractivity contribution in [3.8, 4) is 0 Å². The van der Waals surface area contributed by atoms with Crippen LogP contribution in [0.15, 0.2) is 12.2 Å². The summed E-state index contributed by atoms with van der Waals surface area (Å²) in [7, 11) is 0. The van der Waals surface area contributed by atoms with E-state index in [0.717, 1.165) is 0 Å². The molecular weight excluding hydrogens is 228 g/mol. The Bertz CT molecular complexity index is 292. The molecule has 1 heterocycles. The number of hydrogen-bond acceptors (Lipinski definition) is 6. The fraction of sp³-hybridized carbons (Fsp3) is 0.636. The van der Waals surface area contributed by atoms with Gasteiger partial charge >= 0.3 is 11.9 Å². The molecule has 6 heteroatoms. The fourth-order valence-corrected chi connectivity index (χ4v) is 1.09. The second kappa shape index (κ2) is 7.03. The molecule has 0 aliphatic carbocycles. The summed E-state index contributed by atoms with van der Waals surface area (Å²) in [6.07, 6.45) is -0.674. The quantitative estimate of drug-likeness (QED) is 0.515. The van der Waals surface area contributed by atoms with Crippen molar-refractivity contribution in [2.45, 2.75) is 19.6 Å². The number of carbonyl (C=O) groups excluding carboxylic acids is 2. The highest BCUT2D eigenvalue weighted by molar-refractivity contribution is 5.87. The Balaban J connectivity index is 2.12. The van der Waals surface area contributed by atoms with Gasteiger partial charge in [-0.25, -0.2) is 4.79 Å². The largest absolute Gasteiger partial charge is 0.462 e. The van der Waals surface area contributed by atoms with Gasteiger partial charge in [0.15, 0.2) is 0 Å². The van der Waals surface area contributed by atoms with E-state index in [4.69, 9.17) is 18.9 Å². The first-order chi connectivity index (χ1) is 8.09. The van der Waals surface area contributed by atoms with Crippen LogP contribution < -0.4 is 0 Å². The molecule has 1 atom stereocenters. The SMILES string of the molecule is C=C(C)C(=O)OCCC(=O)OC1COCCO1. The molecule has 0 aromatic rings. The first kappa shape index (κ1) is 13.7. The Labute approximate surface area is 99.5 Å². The summed E-state index contributed by atoms with van der Waals surface area (Å²) in [5, 5.41) is 0. The molecule has 96 valence electrons. The van der Waals surface area contributed by atoms with Gasteiger partial charge in [-0.1, -0.05) is 6.58 Å². The van der Waals surface area contributed by atoms with Crippen LogP contribution in [0, 0.1) is 0 Å². The lowest BCUT2D eigenvalue weighted by Crippen LogP contribution is -2.33. The fourth-order valence-electron chi connectivity index (χ4n) is 1.09. The Kier molecular flexibility index (Phi) is 5.65. The molecule has 1 aliphatic rings. The summed E-state index contributed by atoms with van der Waals surface area (Å²) in [5.41, 5.74) is 0.294. The zero-order valence-corrected chi connectivity index (χ0v) is 9.77. The van der Waals surface area contributed by atoms with Crippen LogP contribution in [0.25, 0.3) is 0 Å². The van der Waals surface area contributed by atoms with Gasteiger partial charge in [0, 0.05) is 5.57 Å². The third kappa shape index (κ3) is 5.46. The monoisotopic (exact) mass is 244 g/mol. The molecule has 0 aromatic heterocycles. The van der Waals surface area contributed by atoms with Crippen LogP contribution in [0.3, 0.4) is 0 Å². The Morgan fingerprint density at radius 2 is 2.18 bits per heavy atom. The van der Waals surface area contributed by atoms with Crippen molar-refractivity contribution in [2.75, 3.05) is 26.4 Å². The lowest BCUT2D eigenvalue weighted by Gasteiger charge is -2.22. The Hall–Kier alpha value is -1.40. The molecule has 1 unspecified atom stereocenters. The van der Waals surface area contributed by atoms with Gasteiger partial charge in [-0.3, -0.25) is 4.79 Å². The van der Waals surface area contributed by atoms with Crippen molar-refractivity contribution in [1.29, 1.82) is 0 Å². The minimum absolute atomic E-state index is 0.0150. The van der Waals surface area contributed by atoms with E-state index >= 15 is 0 Å². The minimum Gasteiger partial charge on any atom is -0.462 e. The van der Waals surface area contributed by atoms with Crippen molar-refractivity contribution in [3.05, 3.63) is 12.2 Å². The lowest BCUT2D eigenvalue weighted by molar-refractivity contribution is -0.214. The maximum atomic E-state index is 11.3. The lowest BCUT2D eigenvalue weighted by atomic mass is 10.4. The van der Waals surface area contributed by atoms with Gasteiger partial charge in [0.05, 0.1) is 19.6 Å². The maximum Gasteiger partial charge on any atom is 0.333 e. The molecule has 0 saturated carbocycles. The Morgan fingerprint density at radius 3 is 2.76 bits per heavy atom. The Morgan fingerprint density at radius 1 is 1.41 bits per heavy atom. The normalized spacial score (nSPS) is 19.5. The molecule has 0 spiro atoms. The van der Waals surface area contributed by atoms with Crippen LogP contribution in [0.5, 0.6) is 0 Å². The van der Waals surface area contributed by atoms with Gasteiger partial charge in [-0.05, 0) is 6.92 Å². The van der Waals surface area contributed by atoms with E-state index in [0.29, 0.717) is 18.8 Å². The van der Waals surface area contributed by atoms with E-state index in [-0.39, 0.29) is 19.6 Å². The molecule has 1 saturated heterocycles. The summed E-state index contributed by atoms with van der Waals surface area (Å²) in [6.45, 7) is 6.07. The highest BCUT2D eigenvalue weighted by Gasteiger charge is 2.18. The average molecular weight is 244 g/mol. The number of ether oxygens (including phenoxy) is 4. The number of hydrogen-bond donors (Lipinski definition) is 0. The van der Waals surface area contributed by atoms with Gasteiger partial charge in [-0.15, -0.1) is 0 Å². The minimum atomic E-state index is -0.659. The van der Waals surface area contributed by atoms with Crippen molar-refractivity contribution in [2.24, 2.45) is 0 Å². The first-order valence-corrected chi connectivity index (χ1v) is 5.31. The van der Waals surface area contributed by atoms with Gasteiger partial charge in [0.25, 0.3) is 0 Å². The number of rotatable bonds is 5. The van der Waals surface area contributed by atoms with E-state index in [1.165, 1.54) is 6.92 Å². The topological polar surface area (TPSA) is 71.1 Å². The molecule has 0 N–H and O–H groups in total. The summed E-state index contributed by atoms with van der Waals surface area (Å²) < 4.78 is 19.9. The summed E-state index contributed by atoms with van der Waals surface area (Å²) in [4.78, 5) is 22.3. The molecule has 0 radical (unpaired) electrons. The van der Waals surface area contributed by atoms with Gasteiger partial charge in [-0.2, -0.15) is 0 Å². The first-order valence-electron chi connectivity index (χ1n) is 5.31. The van der Waals surface area contributed by atoms with Crippen LogP contribution >= 0.6 is 0 Å². The van der Waals surface area contributed by atoms with Crippen molar-refractivity contribution >= 4 is 11.9 Å². The van der Waals surface area contributed by atoms with E-state index in [1.54, 1.807) is 0 Å². The number of esters is 2. The maximum absolute atomic E-state index is 11.3. The molecule has 0 bridgehead atoms. The second-order valence-electron chi connectivity index (χ2n) is 3.53. The standard InChI is InChI=1S/C11H16O6/c1-8(2)11(13)16-4-3-9(12)17-10-7-14-5-6-15-10/h10H,1,3-7H2,2H3. The highest BCUT2D eigenvalue weighted by atomic mass is 16.7. The average Bonchev–Trinajstić information content (AvgIpc) is 2.30. The second-order valence-corrected chi connectivity index (χ2v) is 3.53. The third-order valence-electron chi connectivity index (χ3n) is 1.94. The predicted octanol–water partition coefficient (Wildman–Crippen LogP) is 0.412. The third-order valence-corrected chi connectivity index (χ3v) is 1.94. The molecule has 1 rings (SSSR count). The summed E-state index contributed by atoms with van der Waals surface area (Å²) in [5.74, 6) is -1.01. The van der Waals surface area contributed by atoms with Crippen molar-refractivity contribution in [1.82, 2.24) is 0 Å². The van der Waals surface area contributed by atoms with Crippen LogP contribution in [0.1, 0.15) is 13.3 Å². The summed E-state index contributed by atoms with van der Waals surface area (Å²) in [6, 6.07) is 0. The molecule has 1 aliphatic heterocycles. The molecule has 0 aromatic carbocycles. The molecule has 0 amide bonds. The van der Waals surface area contributed by atoms with Gasteiger partial charge < -0.3 is 18.9 Å². The summed E-state index contributed by atoms with van der Waals surface area (Å²) >= 11 is 0. The van der Waals surface area contributed by atoms with Gasteiger partial charge in [0.2, 0.25) is 6.29 Å². The van der Waals surface area contributed by atoms with E-state index in [2.05, 4.69) is 6.58 Å². The van der Waals surface area contributed by atoms with Crippen LogP contribution in [0.2, 0.25) is 0 Å². The molecule has 17 heavy (non-hydrogen) atoms. The van der Waals surface area contributed by atoms with E-state index in [1.807, 2.05) is 0 Å². The zero-order valence-electron chi connectivity index (χ0n) is 9.77. The number of carbonyl (C=O) groups is 2. The molecule has 1 fully saturated rings. The van der Waals surface area contributed by atoms with Crippen LogP contribution in [0.4, 0.5) is 0 Å².